The molecule has 0 aliphatic carbocycles. The van der Waals surface area contributed by atoms with E-state index in [4.69, 9.17) is 16.3 Å². The molecule has 0 unspecified atom stereocenters. The maximum Gasteiger partial charge on any atom is 0.410 e. The lowest BCUT2D eigenvalue weighted by Crippen LogP contribution is -2.60. The van der Waals surface area contributed by atoms with Crippen molar-refractivity contribution in [2.45, 2.75) is 52.3 Å². The second-order valence-electron chi connectivity index (χ2n) is 7.41. The molecule has 1 aliphatic heterocycles. The zero-order chi connectivity index (χ0) is 18.9. The van der Waals surface area contributed by atoms with E-state index in [-0.39, 0.29) is 22.7 Å². The Hall–Kier alpha value is -1.82. The van der Waals surface area contributed by atoms with E-state index in [0.29, 0.717) is 13.1 Å². The fourth-order valence-electron chi connectivity index (χ4n) is 2.80. The zero-order valence-electron chi connectivity index (χ0n) is 15.2. The van der Waals surface area contributed by atoms with Crippen molar-refractivity contribution in [2.24, 2.45) is 0 Å². The molecule has 25 heavy (non-hydrogen) atoms. The summed E-state index contributed by atoms with van der Waals surface area (Å²) >= 11 is 5.74. The highest BCUT2D eigenvalue weighted by Crippen LogP contribution is 2.23. The molecule has 1 saturated heterocycles. The van der Waals surface area contributed by atoms with Crippen LogP contribution in [0.4, 0.5) is 9.18 Å². The minimum atomic E-state index is -0.646. The number of nitrogens with zero attached hydrogens (tertiary/aromatic N) is 2. The number of hydrogen-bond donors (Lipinski definition) is 0. The molecule has 2 amide bonds. The fraction of sp³-hybridized carbons (Fsp3) is 0.556. The van der Waals surface area contributed by atoms with Gasteiger partial charge >= 0.3 is 6.09 Å². The minimum absolute atomic E-state index is 0.0193. The van der Waals surface area contributed by atoms with Crippen molar-refractivity contribution < 1.29 is 18.7 Å². The molecule has 0 aromatic heterocycles. The summed E-state index contributed by atoms with van der Waals surface area (Å²) in [5.74, 6) is -1.05. The summed E-state index contributed by atoms with van der Waals surface area (Å²) in [5, 5.41) is 0.241. The van der Waals surface area contributed by atoms with Crippen LogP contribution in [0.1, 0.15) is 45.0 Å². The Morgan fingerprint density at radius 1 is 1.16 bits per heavy atom. The lowest BCUT2D eigenvalue weighted by Gasteiger charge is -2.44. The van der Waals surface area contributed by atoms with Gasteiger partial charge in [-0.05, 0) is 52.8 Å². The van der Waals surface area contributed by atoms with Gasteiger partial charge in [0.05, 0.1) is 5.56 Å². The van der Waals surface area contributed by atoms with E-state index < -0.39 is 23.4 Å². The van der Waals surface area contributed by atoms with Crippen LogP contribution in [0.5, 0.6) is 0 Å². The first-order valence-electron chi connectivity index (χ1n) is 8.25. The Morgan fingerprint density at radius 2 is 1.72 bits per heavy atom. The SMILES string of the molecule is C[C@@H]1CN(C(=O)OC(C)(C)C)[C@@H](C)CN1C(=O)c1ccc(Cl)cc1F. The largest absolute Gasteiger partial charge is 0.444 e. The van der Waals surface area contributed by atoms with Crippen LogP contribution in [-0.4, -0.2) is 52.6 Å². The smallest absolute Gasteiger partial charge is 0.410 e. The summed E-state index contributed by atoms with van der Waals surface area (Å²) in [5.41, 5.74) is -0.603. The van der Waals surface area contributed by atoms with Crippen LogP contribution in [0.15, 0.2) is 18.2 Å². The van der Waals surface area contributed by atoms with Crippen molar-refractivity contribution in [2.75, 3.05) is 13.1 Å². The second-order valence-corrected chi connectivity index (χ2v) is 7.85. The van der Waals surface area contributed by atoms with E-state index in [0.717, 1.165) is 6.07 Å². The average Bonchev–Trinajstić information content (AvgIpc) is 2.46. The van der Waals surface area contributed by atoms with Gasteiger partial charge in [0.25, 0.3) is 5.91 Å². The van der Waals surface area contributed by atoms with Crippen molar-refractivity contribution in [3.8, 4) is 0 Å². The summed E-state index contributed by atoms with van der Waals surface area (Å²) in [7, 11) is 0. The van der Waals surface area contributed by atoms with Gasteiger partial charge in [-0.1, -0.05) is 11.6 Å². The molecule has 0 N–H and O–H groups in total. The molecule has 1 aromatic rings. The normalized spacial score (nSPS) is 21.2. The van der Waals surface area contributed by atoms with Crippen molar-refractivity contribution in [3.63, 3.8) is 0 Å². The van der Waals surface area contributed by atoms with E-state index in [1.807, 2.05) is 34.6 Å². The van der Waals surface area contributed by atoms with Crippen LogP contribution in [-0.2, 0) is 4.74 Å². The van der Waals surface area contributed by atoms with Crippen molar-refractivity contribution in [1.29, 1.82) is 0 Å². The van der Waals surface area contributed by atoms with Gasteiger partial charge in [-0.2, -0.15) is 0 Å². The predicted molar refractivity (Wildman–Crippen MR) is 94.3 cm³/mol. The van der Waals surface area contributed by atoms with E-state index in [1.54, 1.807) is 9.80 Å². The molecular formula is C18H24ClFN2O3. The van der Waals surface area contributed by atoms with Crippen LogP contribution in [0.25, 0.3) is 0 Å². The van der Waals surface area contributed by atoms with Crippen LogP contribution in [0, 0.1) is 5.82 Å². The Balaban J connectivity index is 2.14. The van der Waals surface area contributed by atoms with E-state index in [1.165, 1.54) is 12.1 Å². The third-order valence-electron chi connectivity index (χ3n) is 4.04. The number of hydrogen-bond acceptors (Lipinski definition) is 3. The molecule has 0 saturated carbocycles. The minimum Gasteiger partial charge on any atom is -0.444 e. The van der Waals surface area contributed by atoms with Gasteiger partial charge in [0, 0.05) is 30.2 Å². The van der Waals surface area contributed by atoms with E-state index in [9.17, 15) is 14.0 Å². The lowest BCUT2D eigenvalue weighted by molar-refractivity contribution is -0.00799. The number of amides is 2. The second kappa shape index (κ2) is 7.20. The number of carbonyl (C=O) groups excluding carboxylic acids is 2. The van der Waals surface area contributed by atoms with E-state index >= 15 is 0 Å². The average molecular weight is 371 g/mol. The van der Waals surface area contributed by atoms with Gasteiger partial charge in [0.2, 0.25) is 0 Å². The number of carbonyl (C=O) groups is 2. The maximum atomic E-state index is 14.1. The standard InChI is InChI=1S/C18H24ClFN2O3/c1-11-10-22(17(24)25-18(3,4)5)12(2)9-21(11)16(23)14-7-6-13(19)8-15(14)20/h6-8,11-12H,9-10H2,1-5H3/t11-,12+/m1/s1. The molecule has 1 heterocycles. The van der Waals surface area contributed by atoms with E-state index in [2.05, 4.69) is 0 Å². The molecule has 5 nitrogen and oxygen atoms in total. The molecule has 1 aromatic carbocycles. The van der Waals surface area contributed by atoms with Gasteiger partial charge < -0.3 is 14.5 Å². The van der Waals surface area contributed by atoms with Crippen LogP contribution >= 0.6 is 11.6 Å². The summed E-state index contributed by atoms with van der Waals surface area (Å²) < 4.78 is 19.5. The van der Waals surface area contributed by atoms with Gasteiger partial charge in [-0.3, -0.25) is 4.79 Å². The molecule has 2 rings (SSSR count). The van der Waals surface area contributed by atoms with Crippen LogP contribution in [0.2, 0.25) is 5.02 Å². The number of piperazine rings is 1. The molecule has 1 aliphatic rings. The number of rotatable bonds is 1. The summed E-state index contributed by atoms with van der Waals surface area (Å²) in [6.45, 7) is 9.73. The topological polar surface area (TPSA) is 49.9 Å². The zero-order valence-corrected chi connectivity index (χ0v) is 15.9. The number of benzene rings is 1. The molecule has 7 heteroatoms. The molecular weight excluding hydrogens is 347 g/mol. The number of ether oxygens (including phenoxy) is 1. The van der Waals surface area contributed by atoms with Crippen LogP contribution < -0.4 is 0 Å². The molecule has 1 fully saturated rings. The third kappa shape index (κ3) is 4.63. The van der Waals surface area contributed by atoms with Gasteiger partial charge in [0.1, 0.15) is 11.4 Å². The Kier molecular flexibility index (Phi) is 5.62. The predicted octanol–water partition coefficient (Wildman–Crippen LogP) is 3.95. The first-order valence-corrected chi connectivity index (χ1v) is 8.63. The van der Waals surface area contributed by atoms with Gasteiger partial charge in [0.15, 0.2) is 0 Å². The lowest BCUT2D eigenvalue weighted by atomic mass is 10.1. The molecule has 138 valence electrons. The van der Waals surface area contributed by atoms with Crippen molar-refractivity contribution in [1.82, 2.24) is 9.80 Å². The summed E-state index contributed by atoms with van der Waals surface area (Å²) in [6, 6.07) is 3.51. The highest BCUT2D eigenvalue weighted by Gasteiger charge is 2.37. The summed E-state index contributed by atoms with van der Waals surface area (Å²) in [4.78, 5) is 28.2. The molecule has 0 radical (unpaired) electrons. The van der Waals surface area contributed by atoms with Crippen LogP contribution in [0.3, 0.4) is 0 Å². The summed E-state index contributed by atoms with van der Waals surface area (Å²) in [6.07, 6.45) is -0.406. The maximum absolute atomic E-state index is 14.1. The Labute approximate surface area is 152 Å². The highest BCUT2D eigenvalue weighted by atomic mass is 35.5. The third-order valence-corrected chi connectivity index (χ3v) is 4.27. The quantitative estimate of drug-likeness (QED) is 0.752. The molecule has 2 atom stereocenters. The Bertz CT molecular complexity index is 675. The Morgan fingerprint density at radius 3 is 2.28 bits per heavy atom. The van der Waals surface area contributed by atoms with Gasteiger partial charge in [-0.15, -0.1) is 0 Å². The monoisotopic (exact) mass is 370 g/mol. The first kappa shape index (κ1) is 19.5. The highest BCUT2D eigenvalue weighted by molar-refractivity contribution is 6.30. The van der Waals surface area contributed by atoms with Crippen molar-refractivity contribution >= 4 is 23.6 Å². The first-order chi connectivity index (χ1) is 11.5. The van der Waals surface area contributed by atoms with Gasteiger partial charge in [-0.25, -0.2) is 9.18 Å². The van der Waals surface area contributed by atoms with Crippen molar-refractivity contribution in [3.05, 3.63) is 34.6 Å². The molecule has 0 bridgehead atoms. The fourth-order valence-corrected chi connectivity index (χ4v) is 2.96. The number of halogens is 2. The molecule has 0 spiro atoms.